The van der Waals surface area contributed by atoms with Gasteiger partial charge in [0.2, 0.25) is 5.91 Å². The lowest BCUT2D eigenvalue weighted by atomic mass is 9.73. The van der Waals surface area contributed by atoms with Crippen molar-refractivity contribution in [2.24, 2.45) is 5.41 Å². The summed E-state index contributed by atoms with van der Waals surface area (Å²) in [7, 11) is 0. The standard InChI is InChI=1S/C20H26ClN3O2/c21-16-4-2-15(3-5-16)12-22-19(26)23-11-1-9-20(13-23)10-8-18(25)24(14-20)17-6-7-17/h2-5,17H,1,6-14H2,(H,22,26)/t20-/m1/s1. The highest BCUT2D eigenvalue weighted by atomic mass is 35.5. The molecule has 6 heteroatoms. The topological polar surface area (TPSA) is 52.7 Å². The number of nitrogens with zero attached hydrogens (tertiary/aromatic N) is 2. The van der Waals surface area contributed by atoms with Crippen LogP contribution in [0.4, 0.5) is 4.79 Å². The third-order valence-corrected chi connectivity index (χ3v) is 6.24. The molecule has 3 amide bonds. The van der Waals surface area contributed by atoms with E-state index in [-0.39, 0.29) is 11.4 Å². The van der Waals surface area contributed by atoms with Gasteiger partial charge in [0, 0.05) is 49.1 Å². The Balaban J connectivity index is 1.36. The molecule has 140 valence electrons. The molecule has 3 fully saturated rings. The molecule has 0 unspecified atom stereocenters. The van der Waals surface area contributed by atoms with E-state index in [2.05, 4.69) is 10.2 Å². The molecule has 1 aliphatic carbocycles. The number of nitrogens with one attached hydrogen (secondary N) is 1. The van der Waals surface area contributed by atoms with E-state index >= 15 is 0 Å². The summed E-state index contributed by atoms with van der Waals surface area (Å²) in [6, 6.07) is 8.00. The summed E-state index contributed by atoms with van der Waals surface area (Å²) in [5, 5.41) is 3.73. The van der Waals surface area contributed by atoms with Crippen molar-refractivity contribution in [3.05, 3.63) is 34.9 Å². The summed E-state index contributed by atoms with van der Waals surface area (Å²) in [5.74, 6) is 0.308. The molecule has 0 aromatic heterocycles. The Kier molecular flexibility index (Phi) is 4.82. The smallest absolute Gasteiger partial charge is 0.317 e. The van der Waals surface area contributed by atoms with Crippen molar-refractivity contribution in [2.45, 2.75) is 51.1 Å². The van der Waals surface area contributed by atoms with Gasteiger partial charge in [-0.2, -0.15) is 0 Å². The Hall–Kier alpha value is -1.75. The van der Waals surface area contributed by atoms with Gasteiger partial charge in [-0.3, -0.25) is 4.79 Å². The Morgan fingerprint density at radius 3 is 2.69 bits per heavy atom. The Bertz CT molecular complexity index is 689. The quantitative estimate of drug-likeness (QED) is 0.880. The molecular formula is C20H26ClN3O2. The maximum atomic E-state index is 12.7. The van der Waals surface area contributed by atoms with E-state index in [0.717, 1.165) is 57.3 Å². The Morgan fingerprint density at radius 1 is 1.19 bits per heavy atom. The first-order valence-electron chi connectivity index (χ1n) is 9.61. The zero-order valence-electron chi connectivity index (χ0n) is 15.0. The zero-order valence-corrected chi connectivity index (χ0v) is 15.8. The molecule has 1 aromatic rings. The van der Waals surface area contributed by atoms with Crippen LogP contribution in [0.15, 0.2) is 24.3 Å². The number of amides is 3. The summed E-state index contributed by atoms with van der Waals surface area (Å²) < 4.78 is 0. The molecule has 1 saturated carbocycles. The molecule has 1 N–H and O–H groups in total. The van der Waals surface area contributed by atoms with E-state index in [9.17, 15) is 9.59 Å². The highest BCUT2D eigenvalue weighted by molar-refractivity contribution is 6.30. The molecule has 2 aliphatic heterocycles. The highest BCUT2D eigenvalue weighted by Gasteiger charge is 2.46. The summed E-state index contributed by atoms with van der Waals surface area (Å²) >= 11 is 5.90. The average Bonchev–Trinajstić information content (AvgIpc) is 3.48. The van der Waals surface area contributed by atoms with Crippen LogP contribution in [0.5, 0.6) is 0 Å². The number of piperidine rings is 2. The van der Waals surface area contributed by atoms with Crippen LogP contribution in [-0.2, 0) is 11.3 Å². The van der Waals surface area contributed by atoms with Crippen molar-refractivity contribution in [3.63, 3.8) is 0 Å². The largest absolute Gasteiger partial charge is 0.339 e. The van der Waals surface area contributed by atoms with Crippen molar-refractivity contribution < 1.29 is 9.59 Å². The van der Waals surface area contributed by atoms with Crippen LogP contribution in [0, 0.1) is 5.41 Å². The summed E-state index contributed by atoms with van der Waals surface area (Å²) in [5.41, 5.74) is 1.13. The fourth-order valence-corrected chi connectivity index (χ4v) is 4.50. The fourth-order valence-electron chi connectivity index (χ4n) is 4.37. The van der Waals surface area contributed by atoms with Crippen molar-refractivity contribution in [1.82, 2.24) is 15.1 Å². The fraction of sp³-hybridized carbons (Fsp3) is 0.600. The molecular weight excluding hydrogens is 350 g/mol. The van der Waals surface area contributed by atoms with E-state index in [0.29, 0.717) is 29.9 Å². The first-order chi connectivity index (χ1) is 12.5. The number of halogens is 1. The average molecular weight is 376 g/mol. The first kappa shape index (κ1) is 17.7. The molecule has 3 aliphatic rings. The second-order valence-electron chi connectivity index (χ2n) is 8.06. The maximum absolute atomic E-state index is 12.7. The summed E-state index contributed by atoms with van der Waals surface area (Å²) in [6.07, 6.45) is 5.97. The van der Waals surface area contributed by atoms with Gasteiger partial charge in [0.25, 0.3) is 0 Å². The molecule has 0 radical (unpaired) electrons. The van der Waals surface area contributed by atoms with Crippen LogP contribution in [0.25, 0.3) is 0 Å². The van der Waals surface area contributed by atoms with E-state index < -0.39 is 0 Å². The Morgan fingerprint density at radius 2 is 1.96 bits per heavy atom. The highest BCUT2D eigenvalue weighted by Crippen LogP contribution is 2.42. The number of carbonyl (C=O) groups is 2. The Labute approximate surface area is 159 Å². The van der Waals surface area contributed by atoms with Crippen LogP contribution in [-0.4, -0.2) is 47.4 Å². The zero-order chi connectivity index (χ0) is 18.1. The number of benzene rings is 1. The molecule has 0 bridgehead atoms. The second-order valence-corrected chi connectivity index (χ2v) is 8.50. The number of rotatable bonds is 3. The lowest BCUT2D eigenvalue weighted by molar-refractivity contribution is -0.139. The van der Waals surface area contributed by atoms with E-state index in [1.807, 2.05) is 29.2 Å². The molecule has 4 rings (SSSR count). The first-order valence-corrected chi connectivity index (χ1v) is 9.99. The third-order valence-electron chi connectivity index (χ3n) is 5.99. The minimum absolute atomic E-state index is 0.00565. The number of hydrogen-bond donors (Lipinski definition) is 1. The van der Waals surface area contributed by atoms with Crippen LogP contribution in [0.3, 0.4) is 0 Å². The van der Waals surface area contributed by atoms with Crippen molar-refractivity contribution >= 4 is 23.5 Å². The molecule has 1 aromatic carbocycles. The molecule has 1 spiro atoms. The van der Waals surface area contributed by atoms with Gasteiger partial charge in [-0.05, 0) is 49.8 Å². The summed E-state index contributed by atoms with van der Waals surface area (Å²) in [4.78, 5) is 28.9. The van der Waals surface area contributed by atoms with Crippen molar-refractivity contribution in [2.75, 3.05) is 19.6 Å². The summed E-state index contributed by atoms with van der Waals surface area (Å²) in [6.45, 7) is 2.89. The second kappa shape index (κ2) is 7.10. The van der Waals surface area contributed by atoms with E-state index in [1.165, 1.54) is 0 Å². The van der Waals surface area contributed by atoms with Gasteiger partial charge in [0.15, 0.2) is 0 Å². The monoisotopic (exact) mass is 375 g/mol. The molecule has 5 nitrogen and oxygen atoms in total. The van der Waals surface area contributed by atoms with Gasteiger partial charge >= 0.3 is 6.03 Å². The van der Waals surface area contributed by atoms with Gasteiger partial charge in [-0.1, -0.05) is 23.7 Å². The van der Waals surface area contributed by atoms with Gasteiger partial charge in [-0.25, -0.2) is 4.79 Å². The van der Waals surface area contributed by atoms with Crippen LogP contribution in [0.2, 0.25) is 5.02 Å². The lowest BCUT2D eigenvalue weighted by Gasteiger charge is -2.48. The number of hydrogen-bond acceptors (Lipinski definition) is 2. The SMILES string of the molecule is O=C(NCc1ccc(Cl)cc1)N1CCC[C@@]2(CCC(=O)N(C3CC3)C2)C1. The van der Waals surface area contributed by atoms with E-state index in [4.69, 9.17) is 11.6 Å². The maximum Gasteiger partial charge on any atom is 0.317 e. The predicted molar refractivity (Wildman–Crippen MR) is 101 cm³/mol. The third kappa shape index (κ3) is 3.83. The molecule has 1 atom stereocenters. The van der Waals surface area contributed by atoms with E-state index in [1.54, 1.807) is 0 Å². The predicted octanol–water partition coefficient (Wildman–Crippen LogP) is 3.42. The van der Waals surface area contributed by atoms with Crippen molar-refractivity contribution in [1.29, 1.82) is 0 Å². The molecule has 2 heterocycles. The van der Waals surface area contributed by atoms with Crippen LogP contribution in [0.1, 0.15) is 44.1 Å². The number of carbonyl (C=O) groups excluding carboxylic acids is 2. The van der Waals surface area contributed by atoms with Gasteiger partial charge in [0.1, 0.15) is 0 Å². The molecule has 2 saturated heterocycles. The normalized spacial score (nSPS) is 26.3. The van der Waals surface area contributed by atoms with Crippen LogP contribution < -0.4 is 5.32 Å². The minimum atomic E-state index is -0.00565. The lowest BCUT2D eigenvalue weighted by Crippen LogP contribution is -2.56. The number of likely N-dealkylation sites (tertiary alicyclic amines) is 2. The van der Waals surface area contributed by atoms with Gasteiger partial charge in [0.05, 0.1) is 0 Å². The van der Waals surface area contributed by atoms with Crippen LogP contribution >= 0.6 is 11.6 Å². The van der Waals surface area contributed by atoms with Gasteiger partial charge in [-0.15, -0.1) is 0 Å². The van der Waals surface area contributed by atoms with Crippen molar-refractivity contribution in [3.8, 4) is 0 Å². The molecule has 26 heavy (non-hydrogen) atoms. The van der Waals surface area contributed by atoms with Gasteiger partial charge < -0.3 is 15.1 Å². The number of urea groups is 1. The minimum Gasteiger partial charge on any atom is -0.339 e.